The Morgan fingerprint density at radius 1 is 0.981 bits per heavy atom. The second-order valence-corrected chi connectivity index (χ2v) is 29.7. The molecule has 294 valence electrons. The lowest BCUT2D eigenvalue weighted by Crippen LogP contribution is -2.42. The van der Waals surface area contributed by atoms with Gasteiger partial charge in [0.2, 0.25) is 0 Å². The Balaban J connectivity index is 1.42. The van der Waals surface area contributed by atoms with Crippen LogP contribution in [0.2, 0.25) is 51.4 Å². The average Bonchev–Trinajstić information content (AvgIpc) is 3.65. The van der Waals surface area contributed by atoms with Gasteiger partial charge < -0.3 is 28.6 Å². The monoisotopic (exact) mass is 777 g/mol. The summed E-state index contributed by atoms with van der Waals surface area (Å²) in [5, 5.41) is 5.98. The van der Waals surface area contributed by atoms with Crippen molar-refractivity contribution >= 4 is 56.5 Å². The minimum absolute atomic E-state index is 0.128. The number of carbonyl (C=O) groups excluding carboxylic acids is 1. The van der Waals surface area contributed by atoms with Crippen LogP contribution in [0, 0.1) is 12.8 Å². The molecule has 14 heteroatoms. The number of rotatable bonds is 13. The summed E-state index contributed by atoms with van der Waals surface area (Å²) in [6.07, 6.45) is 12.8. The summed E-state index contributed by atoms with van der Waals surface area (Å²) in [5.41, 5.74) is 4.62. The lowest BCUT2D eigenvalue weighted by atomic mass is 9.90. The number of hydrogen-bond donors (Lipinski definition) is 0. The largest absolute Gasteiger partial charge is 0.444 e. The minimum Gasteiger partial charge on any atom is -0.444 e. The Hall–Kier alpha value is -3.60. The first kappa shape index (κ1) is 40.1. The molecule has 54 heavy (non-hydrogen) atoms. The molecule has 0 spiro atoms. The first-order valence-corrected chi connectivity index (χ1v) is 26.9. The Kier molecular flexibility index (Phi) is 11.8. The van der Waals surface area contributed by atoms with Crippen molar-refractivity contribution in [2.24, 2.45) is 10.9 Å². The second-order valence-electron chi connectivity index (χ2n) is 18.5. The number of anilines is 1. The average molecular weight is 778 g/mol. The van der Waals surface area contributed by atoms with Gasteiger partial charge in [-0.15, -0.1) is 0 Å². The van der Waals surface area contributed by atoms with Gasteiger partial charge in [-0.2, -0.15) is 9.61 Å². The number of amides is 1. The van der Waals surface area contributed by atoms with Crippen molar-refractivity contribution in [3.8, 4) is 0 Å². The second kappa shape index (κ2) is 15.9. The number of dihydropyridines is 1. The molecule has 1 unspecified atom stereocenters. The Labute approximate surface area is 321 Å². The van der Waals surface area contributed by atoms with Gasteiger partial charge >= 0.3 is 6.09 Å². The van der Waals surface area contributed by atoms with Crippen LogP contribution in [0.5, 0.6) is 0 Å². The molecule has 6 rings (SSSR count). The first-order valence-electron chi connectivity index (χ1n) is 19.5. The van der Waals surface area contributed by atoms with Crippen LogP contribution in [0.4, 0.5) is 15.0 Å². The Morgan fingerprint density at radius 2 is 1.63 bits per heavy atom. The molecule has 1 aliphatic carbocycles. The van der Waals surface area contributed by atoms with E-state index in [0.29, 0.717) is 45.4 Å². The Morgan fingerprint density at radius 3 is 2.24 bits per heavy atom. The quantitative estimate of drug-likeness (QED) is 0.0970. The molecule has 2 aliphatic heterocycles. The predicted molar refractivity (Wildman–Crippen MR) is 222 cm³/mol. The highest BCUT2D eigenvalue weighted by Gasteiger charge is 2.31. The van der Waals surface area contributed by atoms with E-state index in [9.17, 15) is 9.18 Å². The number of nitrogens with zero attached hydrogens (tertiary/aromatic N) is 7. The first-order chi connectivity index (χ1) is 25.4. The fourth-order valence-corrected chi connectivity index (χ4v) is 8.58. The highest BCUT2D eigenvalue weighted by molar-refractivity contribution is 6.76. The number of aryl methyl sites for hydroxylation is 1. The molecular formula is C40H60FN7O4Si2. The highest BCUT2D eigenvalue weighted by atomic mass is 28.3. The van der Waals surface area contributed by atoms with Crippen molar-refractivity contribution in [3.05, 3.63) is 53.3 Å². The van der Waals surface area contributed by atoms with Crippen molar-refractivity contribution < 1.29 is 23.4 Å². The van der Waals surface area contributed by atoms with Gasteiger partial charge in [-0.1, -0.05) is 45.4 Å². The molecule has 0 aromatic carbocycles. The van der Waals surface area contributed by atoms with Crippen molar-refractivity contribution in [2.75, 3.05) is 44.7 Å². The van der Waals surface area contributed by atoms with Crippen LogP contribution in [0.15, 0.2) is 47.1 Å². The van der Waals surface area contributed by atoms with Gasteiger partial charge in [-0.25, -0.2) is 14.2 Å². The van der Waals surface area contributed by atoms with Gasteiger partial charge in [-0.05, 0) is 70.3 Å². The maximum Gasteiger partial charge on any atom is 0.410 e. The molecule has 0 N–H and O–H groups in total. The van der Waals surface area contributed by atoms with Crippen molar-refractivity contribution in [1.29, 1.82) is 0 Å². The van der Waals surface area contributed by atoms with E-state index in [1.54, 1.807) is 6.08 Å². The zero-order valence-electron chi connectivity index (χ0n) is 34.0. The molecule has 1 amide bonds. The molecule has 3 aromatic heterocycles. The van der Waals surface area contributed by atoms with Crippen molar-refractivity contribution in [3.63, 3.8) is 0 Å². The van der Waals surface area contributed by atoms with E-state index in [1.165, 1.54) is 6.08 Å². The van der Waals surface area contributed by atoms with Crippen molar-refractivity contribution in [1.82, 2.24) is 24.1 Å². The summed E-state index contributed by atoms with van der Waals surface area (Å²) >= 11 is 0. The van der Waals surface area contributed by atoms with Crippen molar-refractivity contribution in [2.45, 2.75) is 110 Å². The number of piperidine rings is 1. The number of aromatic nitrogens is 4. The number of carbonyl (C=O) groups is 1. The maximum atomic E-state index is 14.4. The molecule has 0 radical (unpaired) electrons. The molecule has 0 bridgehead atoms. The summed E-state index contributed by atoms with van der Waals surface area (Å²) in [7, 11) is -2.63. The zero-order chi connectivity index (χ0) is 39.0. The molecular weight excluding hydrogens is 718 g/mol. The van der Waals surface area contributed by atoms with E-state index >= 15 is 0 Å². The number of halogens is 1. The molecule has 3 aliphatic rings. The predicted octanol–water partition coefficient (Wildman–Crippen LogP) is 9.22. The van der Waals surface area contributed by atoms with Crippen LogP contribution in [0.1, 0.15) is 57.2 Å². The van der Waals surface area contributed by atoms with Gasteiger partial charge in [0.15, 0.2) is 5.65 Å². The van der Waals surface area contributed by atoms with Crippen LogP contribution in [0.3, 0.4) is 0 Å². The van der Waals surface area contributed by atoms with Gasteiger partial charge in [0, 0.05) is 90.1 Å². The number of fused-ring (bicyclic) bond motifs is 3. The van der Waals surface area contributed by atoms with Crippen LogP contribution >= 0.6 is 0 Å². The van der Waals surface area contributed by atoms with E-state index in [0.717, 1.165) is 64.2 Å². The molecule has 11 nitrogen and oxygen atoms in total. The number of likely N-dealkylation sites (tertiary alicyclic amines) is 1. The van der Waals surface area contributed by atoms with E-state index in [1.807, 2.05) is 42.6 Å². The van der Waals surface area contributed by atoms with Gasteiger partial charge in [0.25, 0.3) is 0 Å². The summed E-state index contributed by atoms with van der Waals surface area (Å²) < 4.78 is 37.2. The molecule has 3 aromatic rings. The smallest absolute Gasteiger partial charge is 0.410 e. The van der Waals surface area contributed by atoms with E-state index in [2.05, 4.69) is 67.9 Å². The number of ether oxygens (including phenoxy) is 3. The normalized spacial score (nSPS) is 18.5. The highest BCUT2D eigenvalue weighted by Crippen LogP contribution is 2.39. The van der Waals surface area contributed by atoms with E-state index in [-0.39, 0.29) is 30.3 Å². The topological polar surface area (TPSA) is 98.7 Å². The standard InChI is InChI=1S/C40H60FN7O4Si2/c1-28-25-47(32-13-15-45(16-14-32)39(49)52-40(2,3)4)37-35(28)38(46(26-50-17-19-53(5,6)7)27-51-18-20-54(8,9)10)48-36(44-37)33(24-43-48)30-21-29-22-31(41)11-12-34(29)42-23-30/h11-12,21,23-25,29,32H,13-20,22,26-27H2,1-10H3. The zero-order valence-corrected chi connectivity index (χ0v) is 36.0. The molecule has 5 heterocycles. The lowest BCUT2D eigenvalue weighted by Gasteiger charge is -2.34. The molecule has 1 fully saturated rings. The summed E-state index contributed by atoms with van der Waals surface area (Å²) in [4.78, 5) is 27.0. The van der Waals surface area contributed by atoms with E-state index in [4.69, 9.17) is 29.3 Å². The van der Waals surface area contributed by atoms with Gasteiger partial charge in [-0.3, -0.25) is 4.99 Å². The number of allylic oxidation sites excluding steroid dienone is 5. The summed E-state index contributed by atoms with van der Waals surface area (Å²) in [6.45, 7) is 25.2. The Bertz CT molecular complexity index is 1950. The number of hydrogen-bond acceptors (Lipinski definition) is 8. The third kappa shape index (κ3) is 9.61. The third-order valence-corrected chi connectivity index (χ3v) is 13.6. The summed E-state index contributed by atoms with van der Waals surface area (Å²) in [6, 6.07) is 2.24. The van der Waals surface area contributed by atoms with Gasteiger partial charge in [0.05, 0.1) is 11.6 Å². The molecule has 0 saturated carbocycles. The molecule has 1 saturated heterocycles. The van der Waals surface area contributed by atoms with Crippen LogP contribution in [-0.4, -0.2) is 97.9 Å². The maximum absolute atomic E-state index is 14.4. The van der Waals surface area contributed by atoms with Crippen LogP contribution in [0.25, 0.3) is 22.3 Å². The SMILES string of the molecule is Cc1cn(C2CCN(C(=O)OC(C)(C)C)CC2)c2nc3c(C4=CC5CC(F)=CC=C5N=C4)cnn3c(N(COCC[Si](C)(C)C)COCC[Si](C)(C)C)c12. The third-order valence-electron chi connectivity index (χ3n) is 10.1. The fourth-order valence-electron chi connectivity index (χ4n) is 7.06. The molecule has 1 atom stereocenters. The number of aliphatic imine (C=N–C) groups is 1. The van der Waals surface area contributed by atoms with Crippen LogP contribution in [-0.2, 0) is 14.2 Å². The summed E-state index contributed by atoms with van der Waals surface area (Å²) in [5.74, 6) is 0.569. The lowest BCUT2D eigenvalue weighted by molar-refractivity contribution is 0.0189. The minimum atomic E-state index is -1.31. The van der Waals surface area contributed by atoms with Gasteiger partial charge in [0.1, 0.15) is 36.4 Å². The fraction of sp³-hybridized carbons (Fsp3) is 0.600. The van der Waals surface area contributed by atoms with E-state index < -0.39 is 21.7 Å². The van der Waals surface area contributed by atoms with Crippen LogP contribution < -0.4 is 4.90 Å².